The Morgan fingerprint density at radius 3 is 3.00 bits per heavy atom. The molecule has 2 aromatic rings. The van der Waals surface area contributed by atoms with Crippen LogP contribution in [0.15, 0.2) is 22.7 Å². The summed E-state index contributed by atoms with van der Waals surface area (Å²) in [4.78, 5) is 11.2. The van der Waals surface area contributed by atoms with Crippen LogP contribution in [0, 0.1) is 6.92 Å². The molecule has 1 aliphatic rings. The number of nitrogens with one attached hydrogen (secondary N) is 1. The summed E-state index contributed by atoms with van der Waals surface area (Å²) >= 11 is 0. The molecular formula is C12H11N3O3. The van der Waals surface area contributed by atoms with Gasteiger partial charge in [-0.3, -0.25) is 4.79 Å². The van der Waals surface area contributed by atoms with Gasteiger partial charge < -0.3 is 20.3 Å². The molecule has 6 nitrogen and oxygen atoms in total. The first kappa shape index (κ1) is 10.6. The normalized spacial score (nSPS) is 13.7. The summed E-state index contributed by atoms with van der Waals surface area (Å²) in [6, 6.07) is 5.33. The number of carbonyl (C=O) groups is 1. The molecule has 0 atom stereocenters. The van der Waals surface area contributed by atoms with E-state index >= 15 is 0 Å². The summed E-state index contributed by atoms with van der Waals surface area (Å²) in [5.41, 5.74) is 8.36. The first-order chi connectivity index (χ1) is 8.65. The Morgan fingerprint density at radius 2 is 2.28 bits per heavy atom. The molecule has 3 rings (SSSR count). The van der Waals surface area contributed by atoms with Crippen LogP contribution >= 0.6 is 0 Å². The molecule has 0 spiro atoms. The molecule has 6 heteroatoms. The van der Waals surface area contributed by atoms with Gasteiger partial charge in [0.15, 0.2) is 12.4 Å². The number of aryl methyl sites for hydroxylation is 1. The summed E-state index contributed by atoms with van der Waals surface area (Å²) < 4.78 is 10.4. The molecule has 2 heterocycles. The average molecular weight is 245 g/mol. The predicted octanol–water partition coefficient (Wildman–Crippen LogP) is 1.56. The SMILES string of the molecule is Cc1noc(-c2ccc3c(c2)NC(=O)CO3)c1N. The maximum absolute atomic E-state index is 11.2. The third-order valence-electron chi connectivity index (χ3n) is 2.78. The Morgan fingerprint density at radius 1 is 1.44 bits per heavy atom. The molecule has 0 radical (unpaired) electrons. The molecule has 0 fully saturated rings. The zero-order valence-corrected chi connectivity index (χ0v) is 9.69. The van der Waals surface area contributed by atoms with Crippen molar-refractivity contribution in [2.45, 2.75) is 6.92 Å². The van der Waals surface area contributed by atoms with Crippen molar-refractivity contribution in [1.29, 1.82) is 0 Å². The quantitative estimate of drug-likeness (QED) is 0.795. The van der Waals surface area contributed by atoms with Gasteiger partial charge in [0.1, 0.15) is 17.1 Å². The van der Waals surface area contributed by atoms with Crippen molar-refractivity contribution < 1.29 is 14.1 Å². The number of aromatic nitrogens is 1. The van der Waals surface area contributed by atoms with Crippen LogP contribution in [-0.4, -0.2) is 17.7 Å². The van der Waals surface area contributed by atoms with E-state index in [1.54, 1.807) is 19.1 Å². The van der Waals surface area contributed by atoms with E-state index in [0.717, 1.165) is 5.56 Å². The molecular weight excluding hydrogens is 234 g/mol. The van der Waals surface area contributed by atoms with Crippen molar-refractivity contribution >= 4 is 17.3 Å². The highest BCUT2D eigenvalue weighted by molar-refractivity contribution is 5.96. The molecule has 0 saturated carbocycles. The standard InChI is InChI=1S/C12H11N3O3/c1-6-11(13)12(18-15-6)7-2-3-9-8(4-7)14-10(16)5-17-9/h2-4H,5,13H2,1H3,(H,14,16). The third kappa shape index (κ3) is 1.58. The number of nitrogen functional groups attached to an aromatic ring is 1. The van der Waals surface area contributed by atoms with Crippen molar-refractivity contribution in [1.82, 2.24) is 5.16 Å². The van der Waals surface area contributed by atoms with E-state index in [9.17, 15) is 4.79 Å². The number of benzene rings is 1. The lowest BCUT2D eigenvalue weighted by Gasteiger charge is -2.18. The van der Waals surface area contributed by atoms with Gasteiger partial charge in [0, 0.05) is 5.56 Å². The lowest BCUT2D eigenvalue weighted by molar-refractivity contribution is -0.118. The van der Waals surface area contributed by atoms with Crippen LogP contribution in [0.3, 0.4) is 0 Å². The van der Waals surface area contributed by atoms with Gasteiger partial charge in [0.2, 0.25) is 0 Å². The summed E-state index contributed by atoms with van der Waals surface area (Å²) in [5, 5.41) is 6.53. The van der Waals surface area contributed by atoms with Gasteiger partial charge in [0.05, 0.1) is 5.69 Å². The second-order valence-corrected chi connectivity index (χ2v) is 4.06. The molecule has 18 heavy (non-hydrogen) atoms. The second kappa shape index (κ2) is 3.76. The Bertz CT molecular complexity index is 633. The molecule has 0 aliphatic carbocycles. The first-order valence-corrected chi connectivity index (χ1v) is 5.44. The number of fused-ring (bicyclic) bond motifs is 1. The number of nitrogens with zero attached hydrogens (tertiary/aromatic N) is 1. The van der Waals surface area contributed by atoms with Crippen LogP contribution in [0.2, 0.25) is 0 Å². The summed E-state index contributed by atoms with van der Waals surface area (Å²) in [7, 11) is 0. The second-order valence-electron chi connectivity index (χ2n) is 4.06. The summed E-state index contributed by atoms with van der Waals surface area (Å²) in [6.45, 7) is 1.81. The van der Waals surface area contributed by atoms with Gasteiger partial charge in [-0.15, -0.1) is 0 Å². The zero-order chi connectivity index (χ0) is 12.7. The number of hydrogen-bond donors (Lipinski definition) is 2. The van der Waals surface area contributed by atoms with Crippen molar-refractivity contribution in [3.63, 3.8) is 0 Å². The number of carbonyl (C=O) groups excluding carboxylic acids is 1. The monoisotopic (exact) mass is 245 g/mol. The highest BCUT2D eigenvalue weighted by atomic mass is 16.5. The maximum Gasteiger partial charge on any atom is 0.262 e. The fourth-order valence-electron chi connectivity index (χ4n) is 1.81. The maximum atomic E-state index is 11.2. The Kier molecular flexibility index (Phi) is 2.22. The molecule has 0 saturated heterocycles. The van der Waals surface area contributed by atoms with Crippen molar-refractivity contribution in [3.05, 3.63) is 23.9 Å². The number of amides is 1. The van der Waals surface area contributed by atoms with Crippen LogP contribution in [-0.2, 0) is 4.79 Å². The van der Waals surface area contributed by atoms with Crippen LogP contribution in [0.4, 0.5) is 11.4 Å². The van der Waals surface area contributed by atoms with Crippen LogP contribution in [0.5, 0.6) is 5.75 Å². The highest BCUT2D eigenvalue weighted by Gasteiger charge is 2.18. The Labute approximate surface area is 103 Å². The zero-order valence-electron chi connectivity index (χ0n) is 9.69. The smallest absolute Gasteiger partial charge is 0.262 e. The van der Waals surface area contributed by atoms with Gasteiger partial charge in [-0.25, -0.2) is 0 Å². The number of nitrogens with two attached hydrogens (primary N) is 1. The molecule has 1 aromatic heterocycles. The van der Waals surface area contributed by atoms with Crippen molar-refractivity contribution in [2.24, 2.45) is 0 Å². The molecule has 1 amide bonds. The largest absolute Gasteiger partial charge is 0.482 e. The Balaban J connectivity index is 2.07. The summed E-state index contributed by atoms with van der Waals surface area (Å²) in [5.74, 6) is 0.949. The lowest BCUT2D eigenvalue weighted by atomic mass is 10.1. The topological polar surface area (TPSA) is 90.4 Å². The van der Waals surface area contributed by atoms with Gasteiger partial charge in [0.25, 0.3) is 5.91 Å². The minimum absolute atomic E-state index is 0.0376. The van der Waals surface area contributed by atoms with E-state index < -0.39 is 0 Å². The molecule has 92 valence electrons. The van der Waals surface area contributed by atoms with Crippen LogP contribution in [0.1, 0.15) is 5.69 Å². The lowest BCUT2D eigenvalue weighted by Crippen LogP contribution is -2.25. The summed E-state index contributed by atoms with van der Waals surface area (Å²) in [6.07, 6.45) is 0. The van der Waals surface area contributed by atoms with E-state index in [1.165, 1.54) is 0 Å². The van der Waals surface area contributed by atoms with Crippen molar-refractivity contribution in [3.8, 4) is 17.1 Å². The fourth-order valence-corrected chi connectivity index (χ4v) is 1.81. The molecule has 1 aromatic carbocycles. The predicted molar refractivity (Wildman–Crippen MR) is 65.2 cm³/mol. The van der Waals surface area contributed by atoms with E-state index in [-0.39, 0.29) is 12.5 Å². The van der Waals surface area contributed by atoms with Gasteiger partial charge in [-0.05, 0) is 25.1 Å². The molecule has 0 unspecified atom stereocenters. The first-order valence-electron chi connectivity index (χ1n) is 5.44. The number of rotatable bonds is 1. The van der Waals surface area contributed by atoms with Gasteiger partial charge in [-0.1, -0.05) is 5.16 Å². The molecule has 1 aliphatic heterocycles. The van der Waals surface area contributed by atoms with Crippen LogP contribution in [0.25, 0.3) is 11.3 Å². The van der Waals surface area contributed by atoms with Crippen molar-refractivity contribution in [2.75, 3.05) is 17.7 Å². The minimum atomic E-state index is -0.179. The van der Waals surface area contributed by atoms with Crippen LogP contribution < -0.4 is 15.8 Å². The fraction of sp³-hybridized carbons (Fsp3) is 0.167. The number of anilines is 2. The average Bonchev–Trinajstić information content (AvgIpc) is 2.69. The number of hydrogen-bond acceptors (Lipinski definition) is 5. The minimum Gasteiger partial charge on any atom is -0.482 e. The third-order valence-corrected chi connectivity index (χ3v) is 2.78. The van der Waals surface area contributed by atoms with E-state index in [2.05, 4.69) is 10.5 Å². The van der Waals surface area contributed by atoms with Gasteiger partial charge in [-0.2, -0.15) is 0 Å². The number of ether oxygens (including phenoxy) is 1. The Hall–Kier alpha value is -2.50. The molecule has 3 N–H and O–H groups in total. The highest BCUT2D eigenvalue weighted by Crippen LogP contribution is 2.35. The molecule has 0 bridgehead atoms. The van der Waals surface area contributed by atoms with E-state index in [0.29, 0.717) is 28.6 Å². The van der Waals surface area contributed by atoms with Gasteiger partial charge >= 0.3 is 0 Å². The van der Waals surface area contributed by atoms with E-state index in [1.807, 2.05) is 6.07 Å². The van der Waals surface area contributed by atoms with E-state index in [4.69, 9.17) is 15.0 Å².